The zero-order valence-electron chi connectivity index (χ0n) is 13.6. The first-order valence-electron chi connectivity index (χ1n) is 7.35. The van der Waals surface area contributed by atoms with Gasteiger partial charge >= 0.3 is 0 Å². The number of hydrogen-bond donors (Lipinski definition) is 4. The van der Waals surface area contributed by atoms with Gasteiger partial charge in [-0.15, -0.1) is 0 Å². The van der Waals surface area contributed by atoms with Crippen LogP contribution < -0.4 is 15.8 Å². The number of pyridine rings is 1. The summed E-state index contributed by atoms with van der Waals surface area (Å²) in [6.45, 7) is 0. The molecule has 0 aliphatic heterocycles. The summed E-state index contributed by atoms with van der Waals surface area (Å²) in [5.74, 6) is 0.0752. The number of nitrogen functional groups attached to an aromatic ring is 1. The van der Waals surface area contributed by atoms with Crippen molar-refractivity contribution in [3.63, 3.8) is 0 Å². The fourth-order valence-electron chi connectivity index (χ4n) is 2.23. The number of benzene rings is 1. The third-order valence-corrected chi connectivity index (χ3v) is 4.29. The predicted octanol–water partition coefficient (Wildman–Crippen LogP) is 1.61. The molecular formula is C16H14N6O3S. The largest absolute Gasteiger partial charge is 0.504 e. The lowest BCUT2D eigenvalue weighted by Crippen LogP contribution is -2.22. The summed E-state index contributed by atoms with van der Waals surface area (Å²) in [4.78, 5) is 23.4. The number of thioether (sulfide) groups is 1. The topological polar surface area (TPSA) is 150 Å². The molecule has 0 aliphatic rings. The van der Waals surface area contributed by atoms with Gasteiger partial charge in [0, 0.05) is 5.56 Å². The summed E-state index contributed by atoms with van der Waals surface area (Å²) in [6, 6.07) is 6.30. The van der Waals surface area contributed by atoms with Gasteiger partial charge in [0.05, 0.1) is 30.4 Å². The lowest BCUT2D eigenvalue weighted by molar-refractivity contribution is 0.0960. The second kappa shape index (κ2) is 7.20. The summed E-state index contributed by atoms with van der Waals surface area (Å²) in [7, 11) is 1.43. The molecule has 5 N–H and O–H groups in total. The molecule has 132 valence electrons. The number of aromatic hydroxyl groups is 1. The molecule has 1 amide bonds. The van der Waals surface area contributed by atoms with Gasteiger partial charge in [-0.2, -0.15) is 5.26 Å². The zero-order chi connectivity index (χ0) is 18.7. The van der Waals surface area contributed by atoms with Crippen LogP contribution in [0.4, 0.5) is 5.69 Å². The number of aromatic nitrogens is 3. The molecule has 0 saturated carbocycles. The average Bonchev–Trinajstić information content (AvgIpc) is 3.06. The second-order valence-corrected chi connectivity index (χ2v) is 6.08. The summed E-state index contributed by atoms with van der Waals surface area (Å²) in [5.41, 5.74) is 7.56. The van der Waals surface area contributed by atoms with E-state index in [2.05, 4.69) is 20.3 Å². The highest BCUT2D eigenvalue weighted by atomic mass is 32.2. The molecule has 0 fully saturated rings. The van der Waals surface area contributed by atoms with Crippen LogP contribution in [0.1, 0.15) is 16.1 Å². The molecule has 1 aromatic carbocycles. The number of aromatic amines is 1. The number of carbonyl (C=O) groups excluding carboxylic acids is 1. The number of rotatable bonds is 5. The normalized spacial score (nSPS) is 10.5. The number of anilines is 1. The number of imidazole rings is 1. The Morgan fingerprint density at radius 3 is 3.04 bits per heavy atom. The van der Waals surface area contributed by atoms with Crippen molar-refractivity contribution in [3.8, 4) is 17.6 Å². The molecule has 0 aliphatic carbocycles. The molecule has 3 rings (SSSR count). The number of hydrogen-bond acceptors (Lipinski definition) is 8. The van der Waals surface area contributed by atoms with Crippen molar-refractivity contribution in [1.82, 2.24) is 20.3 Å². The number of nitrogens with one attached hydrogen (secondary N) is 2. The quantitative estimate of drug-likeness (QED) is 0.391. The fraction of sp³-hybridized carbons (Fsp3) is 0.125. The van der Waals surface area contributed by atoms with Crippen LogP contribution in [0, 0.1) is 11.3 Å². The molecule has 0 bridgehead atoms. The van der Waals surface area contributed by atoms with E-state index in [9.17, 15) is 9.90 Å². The van der Waals surface area contributed by atoms with Crippen molar-refractivity contribution in [3.05, 3.63) is 35.7 Å². The van der Waals surface area contributed by atoms with E-state index in [1.54, 1.807) is 6.07 Å². The molecule has 0 saturated heterocycles. The maximum Gasteiger partial charge on any atom is 0.252 e. The van der Waals surface area contributed by atoms with Crippen molar-refractivity contribution >= 4 is 34.4 Å². The van der Waals surface area contributed by atoms with Crippen LogP contribution in [0.25, 0.3) is 11.0 Å². The average molecular weight is 370 g/mol. The first kappa shape index (κ1) is 17.4. The number of amides is 1. The second-order valence-electron chi connectivity index (χ2n) is 5.12. The van der Waals surface area contributed by atoms with Gasteiger partial charge in [-0.25, -0.2) is 9.97 Å². The lowest BCUT2D eigenvalue weighted by atomic mass is 10.2. The molecule has 9 nitrogen and oxygen atoms in total. The maximum absolute atomic E-state index is 12.1. The first-order chi connectivity index (χ1) is 12.5. The van der Waals surface area contributed by atoms with Crippen molar-refractivity contribution < 1.29 is 14.6 Å². The van der Waals surface area contributed by atoms with Gasteiger partial charge in [0.1, 0.15) is 11.6 Å². The molecular weight excluding hydrogens is 356 g/mol. The number of ether oxygens (including phenoxy) is 1. The van der Waals surface area contributed by atoms with E-state index < -0.39 is 0 Å². The van der Waals surface area contributed by atoms with E-state index in [4.69, 9.17) is 15.7 Å². The highest BCUT2D eigenvalue weighted by Crippen LogP contribution is 2.27. The van der Waals surface area contributed by atoms with Crippen molar-refractivity contribution in [2.24, 2.45) is 0 Å². The van der Waals surface area contributed by atoms with Crippen LogP contribution in [0.3, 0.4) is 0 Å². The Bertz CT molecular complexity index is 1030. The van der Waals surface area contributed by atoms with Crippen LogP contribution in [-0.2, 0) is 0 Å². The van der Waals surface area contributed by atoms with Crippen LogP contribution in [0.15, 0.2) is 29.6 Å². The van der Waals surface area contributed by atoms with Gasteiger partial charge in [-0.05, 0) is 18.2 Å². The molecule has 0 atom stereocenters. The Balaban J connectivity index is 1.65. The summed E-state index contributed by atoms with van der Waals surface area (Å²) >= 11 is 1.25. The van der Waals surface area contributed by atoms with Gasteiger partial charge in [0.15, 0.2) is 22.3 Å². The van der Waals surface area contributed by atoms with Crippen molar-refractivity contribution in [2.75, 3.05) is 18.7 Å². The minimum atomic E-state index is -0.348. The number of nitrogens with zero attached hydrogens (tertiary/aromatic N) is 3. The van der Waals surface area contributed by atoms with Crippen LogP contribution in [0.2, 0.25) is 0 Å². The van der Waals surface area contributed by atoms with E-state index in [-0.39, 0.29) is 28.9 Å². The third kappa shape index (κ3) is 3.33. The molecule has 0 spiro atoms. The molecule has 26 heavy (non-hydrogen) atoms. The minimum Gasteiger partial charge on any atom is -0.504 e. The van der Waals surface area contributed by atoms with Crippen molar-refractivity contribution in [2.45, 2.75) is 5.16 Å². The number of nitriles is 1. The van der Waals surface area contributed by atoms with Crippen LogP contribution >= 0.6 is 11.8 Å². The molecule has 2 heterocycles. The Morgan fingerprint density at radius 2 is 2.35 bits per heavy atom. The molecule has 3 aromatic rings. The summed E-state index contributed by atoms with van der Waals surface area (Å²) in [5, 5.41) is 21.9. The number of H-pyrrole nitrogens is 1. The smallest absolute Gasteiger partial charge is 0.252 e. The number of nitrogens with two attached hydrogens (primary N) is 1. The fourth-order valence-corrected chi connectivity index (χ4v) is 2.91. The van der Waals surface area contributed by atoms with Gasteiger partial charge < -0.3 is 25.9 Å². The summed E-state index contributed by atoms with van der Waals surface area (Å²) < 4.78 is 4.94. The van der Waals surface area contributed by atoms with Gasteiger partial charge in [0.25, 0.3) is 5.91 Å². The van der Waals surface area contributed by atoms with Crippen LogP contribution in [0.5, 0.6) is 11.5 Å². The zero-order valence-corrected chi connectivity index (χ0v) is 14.4. The van der Waals surface area contributed by atoms with Gasteiger partial charge in [0.2, 0.25) is 0 Å². The van der Waals surface area contributed by atoms with E-state index in [1.807, 2.05) is 6.07 Å². The predicted molar refractivity (Wildman–Crippen MR) is 95.9 cm³/mol. The van der Waals surface area contributed by atoms with E-state index in [0.717, 1.165) is 0 Å². The summed E-state index contributed by atoms with van der Waals surface area (Å²) in [6.07, 6.45) is 1.49. The molecule has 0 unspecified atom stereocenters. The Kier molecular flexibility index (Phi) is 4.81. The number of carbonyl (C=O) groups is 1. The van der Waals surface area contributed by atoms with Gasteiger partial charge in [-0.1, -0.05) is 11.8 Å². The SMILES string of the molecule is COc1ccc(C(=O)NCSc2nc3c(N)c(C#N)ncc3[nH]2)cc1O. The Hall–Kier alpha value is -3.45. The molecule has 10 heteroatoms. The monoisotopic (exact) mass is 370 g/mol. The van der Waals surface area contributed by atoms with E-state index in [1.165, 1.54) is 37.2 Å². The molecule has 2 aromatic heterocycles. The minimum absolute atomic E-state index is 0.110. The number of phenols is 1. The standard InChI is InChI=1S/C16H14N6O3S/c1-25-12-3-2-8(4-11(12)23)15(24)20-7-26-16-21-10-6-19-9(5-17)13(18)14(10)22-16/h2-4,6,23H,7,18H2,1H3,(H,20,24)(H,21,22). The lowest BCUT2D eigenvalue weighted by Gasteiger charge is -2.06. The Morgan fingerprint density at radius 1 is 1.54 bits per heavy atom. The van der Waals surface area contributed by atoms with E-state index >= 15 is 0 Å². The third-order valence-electron chi connectivity index (χ3n) is 3.53. The Labute approximate surface area is 152 Å². The highest BCUT2D eigenvalue weighted by molar-refractivity contribution is 7.99. The first-order valence-corrected chi connectivity index (χ1v) is 8.34. The van der Waals surface area contributed by atoms with E-state index in [0.29, 0.717) is 27.5 Å². The number of phenolic OH excluding ortho intramolecular Hbond substituents is 1. The number of fused-ring (bicyclic) bond motifs is 1. The maximum atomic E-state index is 12.1. The van der Waals surface area contributed by atoms with Crippen molar-refractivity contribution in [1.29, 1.82) is 5.26 Å². The number of methoxy groups -OCH3 is 1. The van der Waals surface area contributed by atoms with Gasteiger partial charge in [-0.3, -0.25) is 4.79 Å². The highest BCUT2D eigenvalue weighted by Gasteiger charge is 2.12. The molecule has 0 radical (unpaired) electrons. The van der Waals surface area contributed by atoms with Crippen LogP contribution in [-0.4, -0.2) is 39.0 Å².